The lowest BCUT2D eigenvalue weighted by Crippen LogP contribution is -2.21. The predicted molar refractivity (Wildman–Crippen MR) is 83.5 cm³/mol. The first kappa shape index (κ1) is 15.7. The number of benzene rings is 2. The van der Waals surface area contributed by atoms with Gasteiger partial charge in [0.1, 0.15) is 5.82 Å². The Bertz CT molecular complexity index is 568. The van der Waals surface area contributed by atoms with Crippen molar-refractivity contribution in [3.8, 4) is 0 Å². The molecule has 0 aliphatic carbocycles. The standard InChI is InChI=1S/C18H22FNO/c1-14-6-8-16(9-7-14)18(21)10-11-20(2)13-15-4-3-5-17(19)12-15/h3-9,12,18,21H,10-11,13H2,1-2H3. The summed E-state index contributed by atoms with van der Waals surface area (Å²) in [6.07, 6.45) is 0.204. The van der Waals surface area contributed by atoms with Gasteiger partial charge in [-0.3, -0.25) is 0 Å². The lowest BCUT2D eigenvalue weighted by atomic mass is 10.0. The molecule has 0 amide bonds. The molecule has 1 unspecified atom stereocenters. The number of halogens is 1. The average molecular weight is 287 g/mol. The van der Waals surface area contributed by atoms with E-state index in [1.165, 1.54) is 11.6 Å². The third-order valence-corrected chi connectivity index (χ3v) is 3.59. The van der Waals surface area contributed by atoms with E-state index in [1.54, 1.807) is 12.1 Å². The van der Waals surface area contributed by atoms with Crippen LogP contribution in [0.25, 0.3) is 0 Å². The molecule has 1 atom stereocenters. The minimum atomic E-state index is -0.458. The molecule has 0 aliphatic heterocycles. The van der Waals surface area contributed by atoms with Gasteiger partial charge in [-0.05, 0) is 43.7 Å². The second kappa shape index (κ2) is 7.34. The van der Waals surface area contributed by atoms with Gasteiger partial charge in [-0.25, -0.2) is 4.39 Å². The van der Waals surface area contributed by atoms with Crippen LogP contribution < -0.4 is 0 Å². The highest BCUT2D eigenvalue weighted by molar-refractivity contribution is 5.23. The minimum Gasteiger partial charge on any atom is -0.388 e. The fourth-order valence-corrected chi connectivity index (χ4v) is 2.32. The smallest absolute Gasteiger partial charge is 0.123 e. The van der Waals surface area contributed by atoms with Crippen LogP contribution in [-0.4, -0.2) is 23.6 Å². The van der Waals surface area contributed by atoms with Crippen molar-refractivity contribution in [1.29, 1.82) is 0 Å². The highest BCUT2D eigenvalue weighted by atomic mass is 19.1. The van der Waals surface area contributed by atoms with E-state index in [4.69, 9.17) is 0 Å². The van der Waals surface area contributed by atoms with Gasteiger partial charge in [0.25, 0.3) is 0 Å². The zero-order chi connectivity index (χ0) is 15.2. The summed E-state index contributed by atoms with van der Waals surface area (Å²) < 4.78 is 13.1. The molecule has 2 aromatic rings. The fourth-order valence-electron chi connectivity index (χ4n) is 2.32. The van der Waals surface area contributed by atoms with Gasteiger partial charge in [0.15, 0.2) is 0 Å². The second-order valence-corrected chi connectivity index (χ2v) is 5.58. The molecule has 2 aromatic carbocycles. The number of aliphatic hydroxyl groups is 1. The average Bonchev–Trinajstić information content (AvgIpc) is 2.45. The summed E-state index contributed by atoms with van der Waals surface area (Å²) in [5.74, 6) is -0.208. The molecule has 3 heteroatoms. The van der Waals surface area contributed by atoms with Crippen LogP contribution in [0.4, 0.5) is 4.39 Å². The molecule has 0 radical (unpaired) electrons. The van der Waals surface area contributed by atoms with E-state index < -0.39 is 6.10 Å². The van der Waals surface area contributed by atoms with E-state index in [2.05, 4.69) is 4.90 Å². The zero-order valence-electron chi connectivity index (χ0n) is 12.6. The molecule has 0 spiro atoms. The van der Waals surface area contributed by atoms with E-state index in [-0.39, 0.29) is 5.82 Å². The monoisotopic (exact) mass is 287 g/mol. The van der Waals surface area contributed by atoms with Gasteiger partial charge < -0.3 is 10.0 Å². The quantitative estimate of drug-likeness (QED) is 0.876. The third kappa shape index (κ3) is 4.96. The summed E-state index contributed by atoms with van der Waals surface area (Å²) in [6.45, 7) is 3.47. The van der Waals surface area contributed by atoms with Crippen LogP contribution in [0.5, 0.6) is 0 Å². The Hall–Kier alpha value is -1.71. The maximum absolute atomic E-state index is 13.1. The molecular formula is C18H22FNO. The predicted octanol–water partition coefficient (Wildman–Crippen LogP) is 3.69. The van der Waals surface area contributed by atoms with Crippen molar-refractivity contribution in [2.75, 3.05) is 13.6 Å². The van der Waals surface area contributed by atoms with Crippen molar-refractivity contribution >= 4 is 0 Å². The molecule has 0 heterocycles. The van der Waals surface area contributed by atoms with Gasteiger partial charge in [0, 0.05) is 13.1 Å². The largest absolute Gasteiger partial charge is 0.388 e. The maximum atomic E-state index is 13.1. The van der Waals surface area contributed by atoms with Crippen LogP contribution in [0, 0.1) is 12.7 Å². The lowest BCUT2D eigenvalue weighted by molar-refractivity contribution is 0.147. The van der Waals surface area contributed by atoms with Crippen molar-refractivity contribution in [2.24, 2.45) is 0 Å². The molecule has 1 N–H and O–H groups in total. The number of aliphatic hydroxyl groups excluding tert-OH is 1. The zero-order valence-corrected chi connectivity index (χ0v) is 12.6. The van der Waals surface area contributed by atoms with Crippen molar-refractivity contribution in [2.45, 2.75) is 26.0 Å². The summed E-state index contributed by atoms with van der Waals surface area (Å²) in [4.78, 5) is 2.09. The third-order valence-electron chi connectivity index (χ3n) is 3.59. The number of nitrogens with zero attached hydrogens (tertiary/aromatic N) is 1. The first-order chi connectivity index (χ1) is 10.0. The Morgan fingerprint density at radius 2 is 1.86 bits per heavy atom. The maximum Gasteiger partial charge on any atom is 0.123 e. The first-order valence-corrected chi connectivity index (χ1v) is 7.22. The molecule has 2 nitrogen and oxygen atoms in total. The van der Waals surface area contributed by atoms with Gasteiger partial charge >= 0.3 is 0 Å². The molecule has 0 fully saturated rings. The number of hydrogen-bond acceptors (Lipinski definition) is 2. The molecule has 2 rings (SSSR count). The van der Waals surface area contributed by atoms with Gasteiger partial charge in [0.05, 0.1) is 6.10 Å². The molecule has 0 bridgehead atoms. The molecule has 112 valence electrons. The Kier molecular flexibility index (Phi) is 5.48. The Morgan fingerprint density at radius 3 is 2.52 bits per heavy atom. The van der Waals surface area contributed by atoms with Crippen molar-refractivity contribution in [3.05, 3.63) is 71.0 Å². The first-order valence-electron chi connectivity index (χ1n) is 7.22. The van der Waals surface area contributed by atoms with Crippen molar-refractivity contribution in [3.63, 3.8) is 0 Å². The topological polar surface area (TPSA) is 23.5 Å². The van der Waals surface area contributed by atoms with Gasteiger partial charge in [0.2, 0.25) is 0 Å². The minimum absolute atomic E-state index is 0.208. The molecule has 21 heavy (non-hydrogen) atoms. The van der Waals surface area contributed by atoms with E-state index in [9.17, 15) is 9.50 Å². The Balaban J connectivity index is 1.83. The van der Waals surface area contributed by atoms with Crippen molar-refractivity contribution < 1.29 is 9.50 Å². The van der Waals surface area contributed by atoms with Crippen LogP contribution in [0.2, 0.25) is 0 Å². The molecule has 0 saturated carbocycles. The second-order valence-electron chi connectivity index (χ2n) is 5.58. The van der Waals surface area contributed by atoms with Crippen LogP contribution in [0.15, 0.2) is 48.5 Å². The van der Waals surface area contributed by atoms with E-state index >= 15 is 0 Å². The van der Waals surface area contributed by atoms with Crippen LogP contribution in [-0.2, 0) is 6.54 Å². The summed E-state index contributed by atoms with van der Waals surface area (Å²) >= 11 is 0. The fraction of sp³-hybridized carbons (Fsp3) is 0.333. The van der Waals surface area contributed by atoms with E-state index in [1.807, 2.05) is 44.3 Å². The van der Waals surface area contributed by atoms with Gasteiger partial charge in [-0.1, -0.05) is 42.0 Å². The number of aryl methyl sites for hydroxylation is 1. The van der Waals surface area contributed by atoms with Gasteiger partial charge in [-0.15, -0.1) is 0 Å². The van der Waals surface area contributed by atoms with Crippen LogP contribution >= 0.6 is 0 Å². The Morgan fingerprint density at radius 1 is 1.14 bits per heavy atom. The molecule has 0 aliphatic rings. The van der Waals surface area contributed by atoms with Crippen molar-refractivity contribution in [1.82, 2.24) is 4.90 Å². The van der Waals surface area contributed by atoms with Crippen LogP contribution in [0.3, 0.4) is 0 Å². The molecular weight excluding hydrogens is 265 g/mol. The Labute approximate surface area is 125 Å². The summed E-state index contributed by atoms with van der Waals surface area (Å²) in [7, 11) is 1.98. The highest BCUT2D eigenvalue weighted by Gasteiger charge is 2.09. The molecule has 0 aromatic heterocycles. The van der Waals surface area contributed by atoms with Crippen LogP contribution in [0.1, 0.15) is 29.2 Å². The normalized spacial score (nSPS) is 12.6. The molecule has 0 saturated heterocycles. The number of hydrogen-bond donors (Lipinski definition) is 1. The SMILES string of the molecule is Cc1ccc(C(O)CCN(C)Cc2cccc(F)c2)cc1. The lowest BCUT2D eigenvalue weighted by Gasteiger charge is -2.19. The van der Waals surface area contributed by atoms with E-state index in [0.717, 1.165) is 17.7 Å². The highest BCUT2D eigenvalue weighted by Crippen LogP contribution is 2.17. The summed E-state index contributed by atoms with van der Waals surface area (Å²) in [5, 5.41) is 10.2. The number of rotatable bonds is 6. The summed E-state index contributed by atoms with van der Waals surface area (Å²) in [6, 6.07) is 14.6. The summed E-state index contributed by atoms with van der Waals surface area (Å²) in [5.41, 5.74) is 3.08. The van der Waals surface area contributed by atoms with Gasteiger partial charge in [-0.2, -0.15) is 0 Å². The van der Waals surface area contributed by atoms with E-state index in [0.29, 0.717) is 13.0 Å².